The van der Waals surface area contributed by atoms with Gasteiger partial charge in [-0.1, -0.05) is 24.4 Å². The average molecular weight is 286 g/mol. The van der Waals surface area contributed by atoms with Crippen LogP contribution in [-0.2, 0) is 10.3 Å². The number of phenolic OH excluding ortho intramolecular Hbond substituents is 1. The number of ether oxygens (including phenoxy) is 1. The summed E-state index contributed by atoms with van der Waals surface area (Å²) in [6.07, 6.45) is 4.17. The third-order valence-electron chi connectivity index (χ3n) is 3.53. The molecular weight excluding hydrogens is 273 g/mol. The van der Waals surface area contributed by atoms with Crippen molar-refractivity contribution in [3.8, 4) is 11.5 Å². The number of rotatable bonds is 3. The first-order valence-electron chi connectivity index (χ1n) is 5.90. The fraction of sp³-hybridized carbons (Fsp3) is 0.462. The van der Waals surface area contributed by atoms with Gasteiger partial charge in [0.25, 0.3) is 0 Å². The summed E-state index contributed by atoms with van der Waals surface area (Å²) < 4.78 is 18.7. The highest BCUT2D eigenvalue weighted by atomic mass is 35.5. The minimum absolute atomic E-state index is 0.0238. The number of hydrogen-bond donors (Lipinski definition) is 1. The lowest BCUT2D eigenvalue weighted by Gasteiger charge is -2.26. The van der Waals surface area contributed by atoms with Gasteiger partial charge in [0.15, 0.2) is 11.5 Å². The number of benzene rings is 1. The quantitative estimate of drug-likeness (QED) is 0.685. The molecule has 19 heavy (non-hydrogen) atoms. The van der Waals surface area contributed by atoms with E-state index in [-0.39, 0.29) is 22.1 Å². The van der Waals surface area contributed by atoms with Crippen molar-refractivity contribution < 1.29 is 19.0 Å². The molecule has 1 aromatic rings. The van der Waals surface area contributed by atoms with Crippen LogP contribution >= 0.6 is 11.6 Å². The molecule has 0 bridgehead atoms. The molecule has 0 amide bonds. The summed E-state index contributed by atoms with van der Waals surface area (Å²) >= 11 is 5.95. The molecule has 0 aliphatic heterocycles. The third-order valence-corrected chi connectivity index (χ3v) is 3.90. The van der Waals surface area contributed by atoms with Crippen molar-refractivity contribution in [2.75, 3.05) is 7.11 Å². The Bertz CT molecular complexity index is 549. The minimum Gasteiger partial charge on any atom is -0.504 e. The summed E-state index contributed by atoms with van der Waals surface area (Å²) in [4.78, 5) is 14.5. The van der Waals surface area contributed by atoms with E-state index in [0.717, 1.165) is 18.9 Å². The molecule has 6 heteroatoms. The van der Waals surface area contributed by atoms with Gasteiger partial charge in [-0.05, 0) is 12.8 Å². The van der Waals surface area contributed by atoms with Crippen LogP contribution in [0.4, 0.5) is 4.39 Å². The van der Waals surface area contributed by atoms with Gasteiger partial charge >= 0.3 is 0 Å². The van der Waals surface area contributed by atoms with Crippen LogP contribution in [0.3, 0.4) is 0 Å². The van der Waals surface area contributed by atoms with E-state index < -0.39 is 11.4 Å². The minimum atomic E-state index is -1.00. The van der Waals surface area contributed by atoms with E-state index in [0.29, 0.717) is 12.8 Å². The predicted molar refractivity (Wildman–Crippen MR) is 67.9 cm³/mol. The van der Waals surface area contributed by atoms with E-state index >= 15 is 0 Å². The van der Waals surface area contributed by atoms with Gasteiger partial charge in [-0.15, -0.1) is 0 Å². The van der Waals surface area contributed by atoms with Crippen LogP contribution in [0.25, 0.3) is 0 Å². The Kier molecular flexibility index (Phi) is 3.78. The van der Waals surface area contributed by atoms with E-state index in [4.69, 9.17) is 16.3 Å². The maximum absolute atomic E-state index is 13.8. The molecule has 102 valence electrons. The molecule has 1 saturated carbocycles. The zero-order chi connectivity index (χ0) is 14.0. The number of methoxy groups -OCH3 is 1. The number of aliphatic imine (C=N–C) groups is 1. The van der Waals surface area contributed by atoms with Gasteiger partial charge in [0, 0.05) is 11.6 Å². The number of phenols is 1. The van der Waals surface area contributed by atoms with Gasteiger partial charge in [-0.25, -0.2) is 9.18 Å². The molecule has 0 spiro atoms. The standard InChI is InChI=1S/C13H13ClFNO3/c1-19-9-6-8(15)11(14)10(12(9)18)13(16-7-17)4-2-3-5-13/h6,18H,2-5H2,1H3. The molecule has 1 N–H and O–H groups in total. The molecule has 0 radical (unpaired) electrons. The summed E-state index contributed by atoms with van der Waals surface area (Å²) in [6, 6.07) is 1.01. The molecule has 0 heterocycles. The molecule has 0 aromatic heterocycles. The molecule has 0 saturated heterocycles. The number of carbonyl (C=O) groups excluding carboxylic acids is 1. The molecule has 0 unspecified atom stereocenters. The Hall–Kier alpha value is -1.58. The molecular formula is C13H13ClFNO3. The summed E-state index contributed by atoms with van der Waals surface area (Å²) in [7, 11) is 1.32. The Morgan fingerprint density at radius 1 is 1.53 bits per heavy atom. The van der Waals surface area contributed by atoms with Gasteiger partial charge in [-0.3, -0.25) is 0 Å². The second-order valence-corrected chi connectivity index (χ2v) is 4.92. The highest BCUT2D eigenvalue weighted by molar-refractivity contribution is 6.32. The van der Waals surface area contributed by atoms with Crippen molar-refractivity contribution in [1.82, 2.24) is 0 Å². The molecule has 2 rings (SSSR count). The van der Waals surface area contributed by atoms with E-state index in [1.807, 2.05) is 0 Å². The van der Waals surface area contributed by atoms with Gasteiger partial charge in [0.1, 0.15) is 11.4 Å². The third kappa shape index (κ3) is 2.20. The Balaban J connectivity index is 2.72. The zero-order valence-electron chi connectivity index (χ0n) is 10.4. The summed E-state index contributed by atoms with van der Waals surface area (Å²) in [5, 5.41) is 9.96. The summed E-state index contributed by atoms with van der Waals surface area (Å²) in [5.41, 5.74) is -0.884. The summed E-state index contributed by atoms with van der Waals surface area (Å²) in [5.74, 6) is -1.00. The topological polar surface area (TPSA) is 58.9 Å². The zero-order valence-corrected chi connectivity index (χ0v) is 11.1. The smallest absolute Gasteiger partial charge is 0.235 e. The molecule has 1 aliphatic carbocycles. The Morgan fingerprint density at radius 2 is 2.16 bits per heavy atom. The first-order valence-corrected chi connectivity index (χ1v) is 6.28. The van der Waals surface area contributed by atoms with Crippen molar-refractivity contribution in [1.29, 1.82) is 0 Å². The van der Waals surface area contributed by atoms with E-state index in [9.17, 15) is 14.3 Å². The maximum Gasteiger partial charge on any atom is 0.235 e. The Labute approximate surface area is 114 Å². The number of aromatic hydroxyl groups is 1. The van der Waals surface area contributed by atoms with Crippen LogP contribution in [0.15, 0.2) is 11.1 Å². The predicted octanol–water partition coefficient (Wildman–Crippen LogP) is 3.30. The molecule has 1 aliphatic rings. The van der Waals surface area contributed by atoms with Crippen LogP contribution in [-0.4, -0.2) is 18.3 Å². The number of isocyanates is 1. The molecule has 1 aromatic carbocycles. The van der Waals surface area contributed by atoms with Crippen molar-refractivity contribution >= 4 is 17.7 Å². The van der Waals surface area contributed by atoms with Crippen LogP contribution in [0.1, 0.15) is 31.2 Å². The highest BCUT2D eigenvalue weighted by Crippen LogP contribution is 2.51. The SMILES string of the molecule is COc1cc(F)c(Cl)c(C2(N=C=O)CCCC2)c1O. The number of halogens is 2. The van der Waals surface area contributed by atoms with Crippen LogP contribution in [0.2, 0.25) is 5.02 Å². The van der Waals surface area contributed by atoms with Crippen molar-refractivity contribution in [2.24, 2.45) is 4.99 Å². The molecule has 0 atom stereocenters. The largest absolute Gasteiger partial charge is 0.504 e. The van der Waals surface area contributed by atoms with Crippen molar-refractivity contribution in [2.45, 2.75) is 31.2 Å². The van der Waals surface area contributed by atoms with Gasteiger partial charge in [-0.2, -0.15) is 4.99 Å². The first kappa shape index (κ1) is 13.8. The van der Waals surface area contributed by atoms with Gasteiger partial charge in [0.2, 0.25) is 6.08 Å². The second-order valence-electron chi connectivity index (χ2n) is 4.54. The number of nitrogens with zero attached hydrogens (tertiary/aromatic N) is 1. The first-order chi connectivity index (χ1) is 9.05. The van der Waals surface area contributed by atoms with E-state index in [1.165, 1.54) is 13.2 Å². The fourth-order valence-electron chi connectivity index (χ4n) is 2.64. The van der Waals surface area contributed by atoms with Crippen molar-refractivity contribution in [3.63, 3.8) is 0 Å². The highest BCUT2D eigenvalue weighted by Gasteiger charge is 2.41. The van der Waals surface area contributed by atoms with Gasteiger partial charge < -0.3 is 9.84 Å². The Morgan fingerprint density at radius 3 is 2.68 bits per heavy atom. The fourth-order valence-corrected chi connectivity index (χ4v) is 2.96. The second kappa shape index (κ2) is 5.19. The van der Waals surface area contributed by atoms with Crippen LogP contribution in [0.5, 0.6) is 11.5 Å². The lowest BCUT2D eigenvalue weighted by atomic mass is 9.87. The number of hydrogen-bond acceptors (Lipinski definition) is 4. The van der Waals surface area contributed by atoms with Crippen molar-refractivity contribution in [3.05, 3.63) is 22.5 Å². The van der Waals surface area contributed by atoms with E-state index in [2.05, 4.69) is 4.99 Å². The maximum atomic E-state index is 13.8. The van der Waals surface area contributed by atoms with Crippen LogP contribution < -0.4 is 4.74 Å². The lowest BCUT2D eigenvalue weighted by molar-refractivity contribution is 0.351. The van der Waals surface area contributed by atoms with Gasteiger partial charge in [0.05, 0.1) is 12.1 Å². The molecule has 4 nitrogen and oxygen atoms in total. The average Bonchev–Trinajstić information content (AvgIpc) is 2.84. The summed E-state index contributed by atoms with van der Waals surface area (Å²) in [6.45, 7) is 0. The lowest BCUT2D eigenvalue weighted by Crippen LogP contribution is -2.20. The normalized spacial score (nSPS) is 17.0. The molecule has 1 fully saturated rings. The van der Waals surface area contributed by atoms with Crippen LogP contribution in [0, 0.1) is 5.82 Å². The van der Waals surface area contributed by atoms with E-state index in [1.54, 1.807) is 0 Å². The monoisotopic (exact) mass is 285 g/mol.